The second-order valence-corrected chi connectivity index (χ2v) is 17.9. The summed E-state index contributed by atoms with van der Waals surface area (Å²) in [5.74, 6) is 0. The summed E-state index contributed by atoms with van der Waals surface area (Å²) in [5.41, 5.74) is 14.0. The first-order valence-corrected chi connectivity index (χ1v) is 23.1. The van der Waals surface area contributed by atoms with E-state index in [-0.39, 0.29) is 0 Å². The zero-order valence-corrected chi connectivity index (χ0v) is 36.2. The van der Waals surface area contributed by atoms with Crippen LogP contribution in [0.15, 0.2) is 243 Å². The number of aromatic nitrogens is 1. The summed E-state index contributed by atoms with van der Waals surface area (Å²) < 4.78 is 5.01. The molecule has 0 fully saturated rings. The fraction of sp³-hybridized carbons (Fsp3) is 0. The molecule has 0 bridgehead atoms. The monoisotopic (exact) mass is 844 g/mol. The highest BCUT2D eigenvalue weighted by Crippen LogP contribution is 2.48. The smallest absolute Gasteiger partial charge is 0.0541 e. The lowest BCUT2D eigenvalue weighted by molar-refractivity contribution is 1.18. The molecule has 0 aliphatic carbocycles. The topological polar surface area (TPSA) is 8.17 Å². The Morgan fingerprint density at radius 3 is 1.69 bits per heavy atom. The van der Waals surface area contributed by atoms with E-state index in [1.807, 2.05) is 11.3 Å². The van der Waals surface area contributed by atoms with Crippen molar-refractivity contribution in [1.29, 1.82) is 0 Å². The molecule has 3 heteroatoms. The van der Waals surface area contributed by atoms with Gasteiger partial charge in [-0.05, 0) is 104 Å². The maximum Gasteiger partial charge on any atom is 0.0541 e. The second kappa shape index (κ2) is 15.2. The number of benzene rings is 11. The molecule has 2 heterocycles. The summed E-state index contributed by atoms with van der Waals surface area (Å²) in [7, 11) is 0. The molecule has 13 aromatic rings. The van der Waals surface area contributed by atoms with E-state index in [2.05, 4.69) is 252 Å². The van der Waals surface area contributed by atoms with Gasteiger partial charge in [0.15, 0.2) is 0 Å². The van der Waals surface area contributed by atoms with Crippen molar-refractivity contribution >= 4 is 91.9 Å². The third kappa shape index (κ3) is 6.16. The molecule has 2 nitrogen and oxygen atoms in total. The van der Waals surface area contributed by atoms with E-state index >= 15 is 0 Å². The largest absolute Gasteiger partial charge is 0.310 e. The molecule has 0 aliphatic heterocycles. The van der Waals surface area contributed by atoms with Crippen molar-refractivity contribution in [2.45, 2.75) is 0 Å². The minimum Gasteiger partial charge on any atom is -0.310 e. The standard InChI is InChI=1S/C62H40N2S/c1-2-17-41(18-3-1)43-20-14-22-45(37-43)63(46-23-15-21-44(38-46)49-29-16-30-50-48-24-5-4-19-42(48)35-36-51(49)50)47-39-56(62-57(40-47)55-28-9-13-34-61(55)65-62)54-27-8-12-33-60(54)64-58-31-10-6-25-52(58)53-26-7-11-32-59(53)64/h1-40H. The van der Waals surface area contributed by atoms with Crippen LogP contribution in [0.1, 0.15) is 0 Å². The maximum absolute atomic E-state index is 2.47. The van der Waals surface area contributed by atoms with Crippen molar-refractivity contribution in [3.8, 4) is 39.1 Å². The van der Waals surface area contributed by atoms with Gasteiger partial charge >= 0.3 is 0 Å². The van der Waals surface area contributed by atoms with Gasteiger partial charge in [-0.15, -0.1) is 11.3 Å². The molecule has 2 aromatic heterocycles. The van der Waals surface area contributed by atoms with E-state index < -0.39 is 0 Å². The highest BCUT2D eigenvalue weighted by Gasteiger charge is 2.23. The van der Waals surface area contributed by atoms with Crippen LogP contribution in [0.25, 0.3) is 103 Å². The Kier molecular flexibility index (Phi) is 8.75. The zero-order valence-electron chi connectivity index (χ0n) is 35.4. The van der Waals surface area contributed by atoms with Crippen molar-refractivity contribution in [3.63, 3.8) is 0 Å². The van der Waals surface area contributed by atoms with Crippen LogP contribution in [0, 0.1) is 0 Å². The summed E-state index contributed by atoms with van der Waals surface area (Å²) >= 11 is 1.88. The molecular formula is C62H40N2S. The van der Waals surface area contributed by atoms with E-state index in [4.69, 9.17) is 0 Å². The Morgan fingerprint density at radius 1 is 0.308 bits per heavy atom. The Labute approximate surface area is 381 Å². The summed E-state index contributed by atoms with van der Waals surface area (Å²) in [6.45, 7) is 0. The summed E-state index contributed by atoms with van der Waals surface area (Å²) in [6, 6.07) is 89.1. The van der Waals surface area contributed by atoms with Crippen LogP contribution >= 0.6 is 11.3 Å². The molecule has 304 valence electrons. The number of hydrogen-bond acceptors (Lipinski definition) is 2. The fourth-order valence-electron chi connectivity index (χ4n) is 10.2. The van der Waals surface area contributed by atoms with Gasteiger partial charge in [-0.2, -0.15) is 0 Å². The summed E-state index contributed by atoms with van der Waals surface area (Å²) in [4.78, 5) is 2.47. The minimum atomic E-state index is 1.09. The molecule has 65 heavy (non-hydrogen) atoms. The molecule has 0 saturated heterocycles. The van der Waals surface area contributed by atoms with Gasteiger partial charge in [0.2, 0.25) is 0 Å². The zero-order chi connectivity index (χ0) is 42.8. The highest BCUT2D eigenvalue weighted by atomic mass is 32.1. The molecule has 0 amide bonds. The van der Waals surface area contributed by atoms with Gasteiger partial charge in [0.25, 0.3) is 0 Å². The lowest BCUT2D eigenvalue weighted by atomic mass is 9.94. The molecule has 13 rings (SSSR count). The van der Waals surface area contributed by atoms with Crippen molar-refractivity contribution in [3.05, 3.63) is 243 Å². The van der Waals surface area contributed by atoms with Crippen LogP contribution in [-0.4, -0.2) is 4.57 Å². The Morgan fingerprint density at radius 2 is 0.892 bits per heavy atom. The first-order valence-electron chi connectivity index (χ1n) is 22.2. The molecule has 0 spiro atoms. The molecule has 0 radical (unpaired) electrons. The van der Waals surface area contributed by atoms with Crippen LogP contribution < -0.4 is 4.90 Å². The van der Waals surface area contributed by atoms with E-state index in [9.17, 15) is 0 Å². The molecular weight excluding hydrogens is 805 g/mol. The lowest BCUT2D eigenvalue weighted by Crippen LogP contribution is -2.10. The molecule has 0 unspecified atom stereocenters. The number of fused-ring (bicyclic) bond motifs is 9. The van der Waals surface area contributed by atoms with Crippen LogP contribution in [0.3, 0.4) is 0 Å². The van der Waals surface area contributed by atoms with Gasteiger partial charge in [-0.25, -0.2) is 0 Å². The van der Waals surface area contributed by atoms with E-state index in [1.54, 1.807) is 0 Å². The lowest BCUT2D eigenvalue weighted by Gasteiger charge is -2.28. The van der Waals surface area contributed by atoms with Crippen molar-refractivity contribution in [2.75, 3.05) is 4.90 Å². The van der Waals surface area contributed by atoms with Gasteiger partial charge in [0.05, 0.1) is 16.7 Å². The first kappa shape index (κ1) is 37.3. The van der Waals surface area contributed by atoms with Crippen LogP contribution in [0.2, 0.25) is 0 Å². The molecule has 11 aromatic carbocycles. The van der Waals surface area contributed by atoms with Crippen molar-refractivity contribution in [1.82, 2.24) is 4.57 Å². The second-order valence-electron chi connectivity index (χ2n) is 16.8. The van der Waals surface area contributed by atoms with Crippen LogP contribution in [0.5, 0.6) is 0 Å². The molecule has 0 aliphatic rings. The molecule has 0 N–H and O–H groups in total. The fourth-order valence-corrected chi connectivity index (χ4v) is 11.4. The number of hydrogen-bond donors (Lipinski definition) is 0. The predicted octanol–water partition coefficient (Wildman–Crippen LogP) is 17.9. The van der Waals surface area contributed by atoms with Gasteiger partial charge in [0, 0.05) is 59.1 Å². The number of anilines is 3. The highest BCUT2D eigenvalue weighted by molar-refractivity contribution is 7.26. The maximum atomic E-state index is 2.47. The van der Waals surface area contributed by atoms with Crippen LogP contribution in [0.4, 0.5) is 17.1 Å². The SMILES string of the molecule is c1ccc(-c2cccc(N(c3cccc(-c4cccc5c4ccc4ccccc45)c3)c3cc(-c4ccccc4-n4c5ccccc5c5ccccc54)c4sc5ccccc5c4c3)c2)cc1. The van der Waals surface area contributed by atoms with Gasteiger partial charge in [-0.3, -0.25) is 0 Å². The minimum absolute atomic E-state index is 1.09. The first-order chi connectivity index (χ1) is 32.2. The van der Waals surface area contributed by atoms with E-state index in [0.29, 0.717) is 0 Å². The predicted molar refractivity (Wildman–Crippen MR) is 280 cm³/mol. The average Bonchev–Trinajstić information content (AvgIpc) is 3.92. The number of nitrogens with zero attached hydrogens (tertiary/aromatic N) is 2. The van der Waals surface area contributed by atoms with Gasteiger partial charge in [0.1, 0.15) is 0 Å². The quantitative estimate of drug-likeness (QED) is 0.145. The third-order valence-corrected chi connectivity index (χ3v) is 14.4. The summed E-state index contributed by atoms with van der Waals surface area (Å²) in [6.07, 6.45) is 0. The normalized spacial score (nSPS) is 11.7. The molecule has 0 atom stereocenters. The van der Waals surface area contributed by atoms with E-state index in [0.717, 1.165) is 22.7 Å². The number of para-hydroxylation sites is 3. The Bertz CT molecular complexity index is 3920. The average molecular weight is 845 g/mol. The van der Waals surface area contributed by atoms with Crippen molar-refractivity contribution in [2.24, 2.45) is 0 Å². The summed E-state index contributed by atoms with van der Waals surface area (Å²) in [5, 5.41) is 10.0. The third-order valence-electron chi connectivity index (χ3n) is 13.1. The van der Waals surface area contributed by atoms with Crippen molar-refractivity contribution < 1.29 is 0 Å². The van der Waals surface area contributed by atoms with Gasteiger partial charge in [-0.1, -0.05) is 182 Å². The Balaban J connectivity index is 1.08. The number of rotatable bonds is 7. The van der Waals surface area contributed by atoms with Gasteiger partial charge < -0.3 is 9.47 Å². The Hall–Kier alpha value is -8.24. The van der Waals surface area contributed by atoms with E-state index in [1.165, 1.54) is 96.9 Å². The molecule has 0 saturated carbocycles. The number of thiophene rings is 1. The van der Waals surface area contributed by atoms with Crippen LogP contribution in [-0.2, 0) is 0 Å².